The highest BCUT2D eigenvalue weighted by molar-refractivity contribution is 9.10. The Hall–Kier alpha value is -2.45. The highest BCUT2D eigenvalue weighted by Gasteiger charge is 2.15. The lowest BCUT2D eigenvalue weighted by molar-refractivity contribution is 0.303. The number of benzene rings is 2. The molecule has 104 valence electrons. The van der Waals surface area contributed by atoms with Gasteiger partial charge in [-0.15, -0.1) is 0 Å². The van der Waals surface area contributed by atoms with Crippen LogP contribution in [0.5, 0.6) is 5.75 Å². The van der Waals surface area contributed by atoms with Gasteiger partial charge in [0.2, 0.25) is 5.76 Å². The van der Waals surface area contributed by atoms with Crippen molar-refractivity contribution in [2.24, 2.45) is 0 Å². The molecule has 2 N–H and O–H groups in total. The van der Waals surface area contributed by atoms with Gasteiger partial charge in [0.1, 0.15) is 18.3 Å². The molecule has 1 heterocycles. The first kappa shape index (κ1) is 13.5. The lowest BCUT2D eigenvalue weighted by atomic mass is 10.2. The largest absolute Gasteiger partial charge is 0.483 e. The van der Waals surface area contributed by atoms with E-state index in [0.717, 1.165) is 15.4 Å². The highest BCUT2D eigenvalue weighted by atomic mass is 79.9. The third kappa shape index (κ3) is 2.58. The molecule has 3 rings (SSSR count). The predicted molar refractivity (Wildman–Crippen MR) is 83.8 cm³/mol. The molecule has 5 heteroatoms. The third-order valence-corrected chi connectivity index (χ3v) is 3.84. The van der Waals surface area contributed by atoms with Crippen LogP contribution >= 0.6 is 15.9 Å². The van der Waals surface area contributed by atoms with Crippen molar-refractivity contribution in [1.82, 2.24) is 0 Å². The van der Waals surface area contributed by atoms with E-state index in [1.54, 1.807) is 0 Å². The maximum atomic E-state index is 9.16. The number of nitrogens with zero attached hydrogens (tertiary/aromatic N) is 1. The van der Waals surface area contributed by atoms with E-state index < -0.39 is 0 Å². The van der Waals surface area contributed by atoms with Crippen LogP contribution in [0.15, 0.2) is 51.4 Å². The van der Waals surface area contributed by atoms with Gasteiger partial charge in [0.25, 0.3) is 0 Å². The van der Waals surface area contributed by atoms with Crippen molar-refractivity contribution in [2.75, 3.05) is 5.73 Å². The average molecular weight is 343 g/mol. The molecule has 0 amide bonds. The average Bonchev–Trinajstić information content (AvgIpc) is 2.84. The number of hydrogen-bond acceptors (Lipinski definition) is 4. The summed E-state index contributed by atoms with van der Waals surface area (Å²) in [4.78, 5) is 0. The molecule has 1 aromatic heterocycles. The normalized spacial score (nSPS) is 10.5. The Balaban J connectivity index is 1.93. The number of halogens is 1. The summed E-state index contributed by atoms with van der Waals surface area (Å²) in [6.07, 6.45) is 0. The molecular formula is C16H11BrN2O2. The fraction of sp³-hybridized carbons (Fsp3) is 0.0625. The van der Waals surface area contributed by atoms with Gasteiger partial charge < -0.3 is 14.9 Å². The van der Waals surface area contributed by atoms with Gasteiger partial charge in [-0.1, -0.05) is 34.1 Å². The molecule has 0 aliphatic carbocycles. The number of furan rings is 1. The number of nitrogen functional groups attached to an aromatic ring is 1. The Morgan fingerprint density at radius 1 is 1.24 bits per heavy atom. The zero-order valence-electron chi connectivity index (χ0n) is 11.0. The zero-order chi connectivity index (χ0) is 14.8. The lowest BCUT2D eigenvalue weighted by Gasteiger charge is -2.07. The second kappa shape index (κ2) is 5.51. The number of para-hydroxylation sites is 1. The first-order valence-electron chi connectivity index (χ1n) is 6.27. The fourth-order valence-corrected chi connectivity index (χ4v) is 2.58. The van der Waals surface area contributed by atoms with Crippen LogP contribution in [0.3, 0.4) is 0 Å². The molecule has 0 radical (unpaired) electrons. The van der Waals surface area contributed by atoms with Crippen LogP contribution in [-0.2, 0) is 6.61 Å². The van der Waals surface area contributed by atoms with E-state index in [-0.39, 0.29) is 5.76 Å². The van der Waals surface area contributed by atoms with Crippen molar-refractivity contribution in [2.45, 2.75) is 6.61 Å². The Bertz CT molecular complexity index is 849. The molecule has 0 aliphatic heterocycles. The standard InChI is InChI=1S/C16H11BrN2O2/c17-13-7-11(19)6-5-10(13)9-20-16-12-3-1-2-4-14(12)21-15(16)8-18/h1-7H,9,19H2. The molecule has 0 atom stereocenters. The van der Waals surface area contributed by atoms with Gasteiger partial charge >= 0.3 is 0 Å². The molecule has 0 saturated carbocycles. The van der Waals surface area contributed by atoms with E-state index in [0.29, 0.717) is 23.6 Å². The minimum atomic E-state index is 0.183. The van der Waals surface area contributed by atoms with Crippen molar-refractivity contribution in [1.29, 1.82) is 5.26 Å². The van der Waals surface area contributed by atoms with Crippen LogP contribution in [0.25, 0.3) is 11.0 Å². The molecular weight excluding hydrogens is 332 g/mol. The molecule has 0 unspecified atom stereocenters. The van der Waals surface area contributed by atoms with Crippen molar-refractivity contribution >= 4 is 32.6 Å². The summed E-state index contributed by atoms with van der Waals surface area (Å²) in [6, 6.07) is 14.9. The van der Waals surface area contributed by atoms with E-state index in [2.05, 4.69) is 15.9 Å². The maximum absolute atomic E-state index is 9.16. The molecule has 0 bridgehead atoms. The maximum Gasteiger partial charge on any atom is 0.246 e. The molecule has 21 heavy (non-hydrogen) atoms. The number of nitrogens with two attached hydrogens (primary N) is 1. The van der Waals surface area contributed by atoms with Gasteiger partial charge in [0.15, 0.2) is 5.75 Å². The van der Waals surface area contributed by atoms with Gasteiger partial charge in [0, 0.05) is 15.7 Å². The summed E-state index contributed by atoms with van der Waals surface area (Å²) in [7, 11) is 0. The van der Waals surface area contributed by atoms with Crippen LogP contribution < -0.4 is 10.5 Å². The van der Waals surface area contributed by atoms with Gasteiger partial charge in [-0.05, 0) is 24.3 Å². The molecule has 4 nitrogen and oxygen atoms in total. The van der Waals surface area contributed by atoms with Crippen LogP contribution in [0.4, 0.5) is 5.69 Å². The highest BCUT2D eigenvalue weighted by Crippen LogP contribution is 2.33. The molecule has 0 saturated heterocycles. The van der Waals surface area contributed by atoms with Crippen molar-refractivity contribution < 1.29 is 9.15 Å². The monoisotopic (exact) mass is 342 g/mol. The van der Waals surface area contributed by atoms with E-state index in [4.69, 9.17) is 20.1 Å². The van der Waals surface area contributed by atoms with Gasteiger partial charge in [0.05, 0.1) is 5.39 Å². The minimum Gasteiger partial charge on any atom is -0.483 e. The number of hydrogen-bond donors (Lipinski definition) is 1. The van der Waals surface area contributed by atoms with E-state index in [1.807, 2.05) is 48.5 Å². The summed E-state index contributed by atoms with van der Waals surface area (Å²) in [5, 5.41) is 9.95. The van der Waals surface area contributed by atoms with Crippen molar-refractivity contribution in [3.05, 3.63) is 58.3 Å². The molecule has 2 aromatic carbocycles. The summed E-state index contributed by atoms with van der Waals surface area (Å²) >= 11 is 3.45. The second-order valence-corrected chi connectivity index (χ2v) is 5.36. The van der Waals surface area contributed by atoms with E-state index in [1.165, 1.54) is 0 Å². The number of nitriles is 1. The Morgan fingerprint density at radius 2 is 2.05 bits per heavy atom. The summed E-state index contributed by atoms with van der Waals surface area (Å²) in [6.45, 7) is 0.319. The minimum absolute atomic E-state index is 0.183. The Morgan fingerprint density at radius 3 is 2.81 bits per heavy atom. The topological polar surface area (TPSA) is 72.2 Å². The molecule has 0 spiro atoms. The lowest BCUT2D eigenvalue weighted by Crippen LogP contribution is -1.98. The van der Waals surface area contributed by atoms with Gasteiger partial charge in [-0.3, -0.25) is 0 Å². The Kier molecular flexibility index (Phi) is 3.55. The second-order valence-electron chi connectivity index (χ2n) is 4.51. The first-order valence-corrected chi connectivity index (χ1v) is 7.06. The summed E-state index contributed by atoms with van der Waals surface area (Å²) in [5.74, 6) is 0.652. The SMILES string of the molecule is N#Cc1oc2ccccc2c1OCc1ccc(N)cc1Br. The zero-order valence-corrected chi connectivity index (χ0v) is 12.6. The Labute approximate surface area is 129 Å². The smallest absolute Gasteiger partial charge is 0.246 e. The third-order valence-electron chi connectivity index (χ3n) is 3.10. The summed E-state index contributed by atoms with van der Waals surface area (Å²) < 4.78 is 12.1. The quantitative estimate of drug-likeness (QED) is 0.723. The predicted octanol–water partition coefficient (Wildman–Crippen LogP) is 4.23. The summed E-state index contributed by atoms with van der Waals surface area (Å²) in [5.41, 5.74) is 7.97. The fourth-order valence-electron chi connectivity index (χ4n) is 2.07. The number of rotatable bonds is 3. The molecule has 3 aromatic rings. The van der Waals surface area contributed by atoms with Crippen LogP contribution in [-0.4, -0.2) is 0 Å². The first-order chi connectivity index (χ1) is 10.2. The molecule has 0 aliphatic rings. The number of fused-ring (bicyclic) bond motifs is 1. The van der Waals surface area contributed by atoms with E-state index >= 15 is 0 Å². The van der Waals surface area contributed by atoms with Crippen molar-refractivity contribution in [3.8, 4) is 11.8 Å². The molecule has 0 fully saturated rings. The number of ether oxygens (including phenoxy) is 1. The van der Waals surface area contributed by atoms with Crippen LogP contribution in [0.1, 0.15) is 11.3 Å². The number of anilines is 1. The van der Waals surface area contributed by atoms with Crippen LogP contribution in [0.2, 0.25) is 0 Å². The van der Waals surface area contributed by atoms with Gasteiger partial charge in [-0.25, -0.2) is 0 Å². The van der Waals surface area contributed by atoms with Crippen molar-refractivity contribution in [3.63, 3.8) is 0 Å². The van der Waals surface area contributed by atoms with E-state index in [9.17, 15) is 0 Å². The van der Waals surface area contributed by atoms with Gasteiger partial charge in [-0.2, -0.15) is 5.26 Å². The van der Waals surface area contributed by atoms with Crippen LogP contribution in [0, 0.1) is 11.3 Å².